The number of aromatic nitrogens is 4. The van der Waals surface area contributed by atoms with E-state index in [9.17, 15) is 14.9 Å². The average molecular weight is 361 g/mol. The van der Waals surface area contributed by atoms with Crippen LogP contribution in [0.5, 0.6) is 5.88 Å². The van der Waals surface area contributed by atoms with Gasteiger partial charge < -0.3 is 9.72 Å². The normalized spacial score (nSPS) is 17.9. The molecule has 8 nitrogen and oxygen atoms in total. The molecule has 134 valence electrons. The summed E-state index contributed by atoms with van der Waals surface area (Å²) in [6.07, 6.45) is 2.17. The zero-order valence-corrected chi connectivity index (χ0v) is 14.4. The number of aromatic amines is 2. The van der Waals surface area contributed by atoms with Crippen LogP contribution in [0.2, 0.25) is 0 Å². The Morgan fingerprint density at radius 3 is 2.70 bits per heavy atom. The zero-order chi connectivity index (χ0) is 19.0. The van der Waals surface area contributed by atoms with Crippen LogP contribution in [0.4, 0.5) is 0 Å². The standard InChI is InChI=1S/C19H15N5O3/c1-27-18-14(13-6-12(13)11-5-3-2-4-10(11)8-20)7-16(23-24-18)15-9-21-19(26)22-17(15)25/h2-5,7,9,12-13H,6H2,1H3,(H2,21,22,25,26)/t12-,13+/m1/s1. The summed E-state index contributed by atoms with van der Waals surface area (Å²) in [5.74, 6) is 0.688. The van der Waals surface area contributed by atoms with Crippen molar-refractivity contribution < 1.29 is 4.74 Å². The van der Waals surface area contributed by atoms with Gasteiger partial charge in [0.1, 0.15) is 5.69 Å². The lowest BCUT2D eigenvalue weighted by atomic mass is 10.0. The van der Waals surface area contributed by atoms with Gasteiger partial charge in [-0.1, -0.05) is 18.2 Å². The maximum absolute atomic E-state index is 12.1. The Bertz CT molecular complexity index is 1170. The quantitative estimate of drug-likeness (QED) is 0.728. The van der Waals surface area contributed by atoms with Crippen molar-refractivity contribution in [1.82, 2.24) is 20.2 Å². The Kier molecular flexibility index (Phi) is 4.05. The van der Waals surface area contributed by atoms with Gasteiger partial charge in [-0.3, -0.25) is 9.78 Å². The van der Waals surface area contributed by atoms with Crippen LogP contribution in [-0.4, -0.2) is 27.3 Å². The van der Waals surface area contributed by atoms with Gasteiger partial charge in [0.05, 0.1) is 24.3 Å². The third-order valence-electron chi connectivity index (χ3n) is 4.75. The summed E-state index contributed by atoms with van der Waals surface area (Å²) in [4.78, 5) is 27.9. The number of hydrogen-bond donors (Lipinski definition) is 2. The summed E-state index contributed by atoms with van der Waals surface area (Å²) >= 11 is 0. The maximum Gasteiger partial charge on any atom is 0.325 e. The van der Waals surface area contributed by atoms with Gasteiger partial charge in [0.25, 0.3) is 5.56 Å². The fraction of sp³-hybridized carbons (Fsp3) is 0.211. The van der Waals surface area contributed by atoms with E-state index in [4.69, 9.17) is 4.74 Å². The Morgan fingerprint density at radius 2 is 1.96 bits per heavy atom. The SMILES string of the molecule is COc1nnc(-c2c[nH]c(=O)[nH]c2=O)cc1[C@H]1C[C@@H]1c1ccccc1C#N. The van der Waals surface area contributed by atoms with Gasteiger partial charge in [-0.05, 0) is 36.0 Å². The molecule has 1 saturated carbocycles. The molecule has 1 aliphatic rings. The molecule has 0 unspecified atom stereocenters. The molecule has 2 atom stereocenters. The lowest BCUT2D eigenvalue weighted by Crippen LogP contribution is -2.23. The lowest BCUT2D eigenvalue weighted by molar-refractivity contribution is 0.386. The van der Waals surface area contributed by atoms with Crippen molar-refractivity contribution in [3.8, 4) is 23.2 Å². The first kappa shape index (κ1) is 16.7. The van der Waals surface area contributed by atoms with E-state index in [1.807, 2.05) is 18.2 Å². The molecule has 2 N–H and O–H groups in total. The first-order chi connectivity index (χ1) is 13.1. The van der Waals surface area contributed by atoms with E-state index in [1.54, 1.807) is 12.1 Å². The van der Waals surface area contributed by atoms with Gasteiger partial charge >= 0.3 is 5.69 Å². The molecule has 0 radical (unpaired) electrons. The number of methoxy groups -OCH3 is 1. The first-order valence-corrected chi connectivity index (χ1v) is 8.35. The van der Waals surface area contributed by atoms with E-state index in [2.05, 4.69) is 26.2 Å². The fourth-order valence-corrected chi connectivity index (χ4v) is 3.36. The third-order valence-corrected chi connectivity index (χ3v) is 4.75. The molecular formula is C19H15N5O3. The van der Waals surface area contributed by atoms with Crippen molar-refractivity contribution in [3.63, 3.8) is 0 Å². The molecule has 0 spiro atoms. The summed E-state index contributed by atoms with van der Waals surface area (Å²) in [5, 5.41) is 17.5. The van der Waals surface area contributed by atoms with Crippen LogP contribution in [0, 0.1) is 11.3 Å². The van der Waals surface area contributed by atoms with Crippen molar-refractivity contribution in [2.24, 2.45) is 0 Å². The number of hydrogen-bond acceptors (Lipinski definition) is 6. The maximum atomic E-state index is 12.1. The predicted octanol–water partition coefficient (Wildman–Crippen LogP) is 1.67. The summed E-state index contributed by atoms with van der Waals surface area (Å²) < 4.78 is 5.35. The number of ether oxygens (including phenoxy) is 1. The summed E-state index contributed by atoms with van der Waals surface area (Å²) in [7, 11) is 1.51. The molecular weight excluding hydrogens is 346 g/mol. The lowest BCUT2D eigenvalue weighted by Gasteiger charge is -2.09. The highest BCUT2D eigenvalue weighted by Gasteiger charge is 2.43. The molecule has 1 aliphatic carbocycles. The highest BCUT2D eigenvalue weighted by atomic mass is 16.5. The average Bonchev–Trinajstić information content (AvgIpc) is 3.48. The third kappa shape index (κ3) is 3.00. The molecule has 3 aromatic rings. The smallest absolute Gasteiger partial charge is 0.325 e. The van der Waals surface area contributed by atoms with E-state index in [-0.39, 0.29) is 17.4 Å². The molecule has 27 heavy (non-hydrogen) atoms. The highest BCUT2D eigenvalue weighted by molar-refractivity contribution is 5.59. The molecule has 0 amide bonds. The molecule has 0 bridgehead atoms. The minimum absolute atomic E-state index is 0.116. The number of benzene rings is 1. The Hall–Kier alpha value is -3.73. The second kappa shape index (κ2) is 6.53. The number of nitrogens with one attached hydrogen (secondary N) is 2. The Morgan fingerprint density at radius 1 is 1.19 bits per heavy atom. The summed E-state index contributed by atoms with van der Waals surface area (Å²) in [6.45, 7) is 0. The first-order valence-electron chi connectivity index (χ1n) is 8.35. The van der Waals surface area contributed by atoms with E-state index in [1.165, 1.54) is 13.3 Å². The largest absolute Gasteiger partial charge is 0.480 e. The van der Waals surface area contributed by atoms with E-state index < -0.39 is 11.2 Å². The number of H-pyrrole nitrogens is 2. The van der Waals surface area contributed by atoms with E-state index in [0.717, 1.165) is 17.5 Å². The van der Waals surface area contributed by atoms with Crippen LogP contribution in [0.3, 0.4) is 0 Å². The summed E-state index contributed by atoms with van der Waals surface area (Å²) in [5.41, 5.74) is 1.93. The summed E-state index contributed by atoms with van der Waals surface area (Å²) in [6, 6.07) is 11.5. The molecule has 0 aliphatic heterocycles. The van der Waals surface area contributed by atoms with Gasteiger partial charge in [0.15, 0.2) is 0 Å². The molecule has 4 rings (SSSR count). The van der Waals surface area contributed by atoms with E-state index >= 15 is 0 Å². The highest BCUT2D eigenvalue weighted by Crippen LogP contribution is 2.57. The Balaban J connectivity index is 1.74. The van der Waals surface area contributed by atoms with Gasteiger partial charge in [0, 0.05) is 11.8 Å². The molecule has 8 heteroatoms. The number of rotatable bonds is 4. The molecule has 0 saturated heterocycles. The van der Waals surface area contributed by atoms with Crippen LogP contribution in [0.15, 0.2) is 46.1 Å². The predicted molar refractivity (Wildman–Crippen MR) is 96.5 cm³/mol. The zero-order valence-electron chi connectivity index (χ0n) is 14.4. The minimum Gasteiger partial charge on any atom is -0.480 e. The van der Waals surface area contributed by atoms with E-state index in [0.29, 0.717) is 17.1 Å². The number of nitriles is 1. The fourth-order valence-electron chi connectivity index (χ4n) is 3.36. The monoisotopic (exact) mass is 361 g/mol. The second-order valence-electron chi connectivity index (χ2n) is 6.33. The van der Waals surface area contributed by atoms with Crippen molar-refractivity contribution in [1.29, 1.82) is 5.26 Å². The van der Waals surface area contributed by atoms with Crippen LogP contribution in [0.25, 0.3) is 11.3 Å². The molecule has 1 aromatic carbocycles. The Labute approximate surface area is 153 Å². The molecule has 1 fully saturated rings. The van der Waals surface area contributed by atoms with Crippen molar-refractivity contribution in [2.75, 3.05) is 7.11 Å². The van der Waals surface area contributed by atoms with Crippen LogP contribution >= 0.6 is 0 Å². The topological polar surface area (TPSA) is 125 Å². The van der Waals surface area contributed by atoms with Crippen molar-refractivity contribution in [2.45, 2.75) is 18.3 Å². The van der Waals surface area contributed by atoms with Gasteiger partial charge in [0.2, 0.25) is 5.88 Å². The van der Waals surface area contributed by atoms with Crippen molar-refractivity contribution in [3.05, 3.63) is 74.1 Å². The van der Waals surface area contributed by atoms with Crippen molar-refractivity contribution >= 4 is 0 Å². The second-order valence-corrected chi connectivity index (χ2v) is 6.33. The molecule has 2 aromatic heterocycles. The van der Waals surface area contributed by atoms with Crippen LogP contribution < -0.4 is 16.0 Å². The van der Waals surface area contributed by atoms with Crippen LogP contribution in [-0.2, 0) is 0 Å². The van der Waals surface area contributed by atoms with Crippen LogP contribution in [0.1, 0.15) is 34.9 Å². The van der Waals surface area contributed by atoms with Gasteiger partial charge in [-0.25, -0.2) is 4.79 Å². The minimum atomic E-state index is -0.583. The number of nitrogens with zero attached hydrogens (tertiary/aromatic N) is 3. The molecule has 2 heterocycles. The van der Waals surface area contributed by atoms with Gasteiger partial charge in [-0.15, -0.1) is 10.2 Å². The van der Waals surface area contributed by atoms with Gasteiger partial charge in [-0.2, -0.15) is 5.26 Å².